The molecule has 2 heteroatoms. The van der Waals surface area contributed by atoms with Crippen molar-refractivity contribution >= 4 is 0 Å². The Bertz CT molecular complexity index is 66.6. The quantitative estimate of drug-likeness (QED) is 0.507. The number of hydrogen-bond acceptors (Lipinski definition) is 2. The van der Waals surface area contributed by atoms with E-state index < -0.39 is 0 Å². The van der Waals surface area contributed by atoms with E-state index in [-0.39, 0.29) is 12.1 Å². The van der Waals surface area contributed by atoms with Gasteiger partial charge in [0.2, 0.25) is 0 Å². The third-order valence-corrected chi connectivity index (χ3v) is 0.693. The van der Waals surface area contributed by atoms with Gasteiger partial charge in [-0.25, -0.2) is 0 Å². The lowest BCUT2D eigenvalue weighted by Crippen LogP contribution is -2.11. The lowest BCUT2D eigenvalue weighted by molar-refractivity contribution is 0.243. The molecule has 0 aromatic carbocycles. The largest absolute Gasteiger partial charge is 0.389 e. The van der Waals surface area contributed by atoms with E-state index in [1.165, 1.54) is 0 Å². The van der Waals surface area contributed by atoms with Gasteiger partial charge in [0.1, 0.15) is 0 Å². The number of hydrogen-bond donors (Lipinski definition) is 2. The minimum absolute atomic E-state index is 0.0459. The molecule has 0 saturated heterocycles. The summed E-state index contributed by atoms with van der Waals surface area (Å²) in [6.45, 7) is 3.55. The van der Waals surface area contributed by atoms with Crippen molar-refractivity contribution < 1.29 is 5.11 Å². The Morgan fingerprint density at radius 1 is 1.38 bits per heavy atom. The van der Waals surface area contributed by atoms with Crippen LogP contribution < -0.4 is 5.73 Å². The number of aliphatic hydroxyl groups excluding tert-OH is 1. The van der Waals surface area contributed by atoms with Crippen LogP contribution in [-0.4, -0.2) is 17.3 Å². The summed E-state index contributed by atoms with van der Waals surface area (Å²) in [6.07, 6.45) is 3.07. The number of aliphatic hydroxyl groups is 1. The summed E-state index contributed by atoms with van der Waals surface area (Å²) in [6, 6.07) is 0.0459. The summed E-state index contributed by atoms with van der Waals surface area (Å²) in [5, 5.41) is 8.66. The average molecular weight is 115 g/mol. The predicted molar refractivity (Wildman–Crippen MR) is 34.5 cm³/mol. The van der Waals surface area contributed by atoms with Crippen molar-refractivity contribution in [2.24, 2.45) is 5.73 Å². The highest BCUT2D eigenvalue weighted by molar-refractivity contribution is 4.91. The first-order valence-electron chi connectivity index (χ1n) is 2.75. The highest BCUT2D eigenvalue weighted by Crippen LogP contribution is 1.84. The molecule has 0 unspecified atom stereocenters. The zero-order valence-electron chi connectivity index (χ0n) is 5.33. The molecule has 0 aliphatic heterocycles. The van der Waals surface area contributed by atoms with Crippen molar-refractivity contribution in [2.45, 2.75) is 26.0 Å². The van der Waals surface area contributed by atoms with Crippen molar-refractivity contribution in [3.05, 3.63) is 12.2 Å². The molecule has 0 heterocycles. The van der Waals surface area contributed by atoms with Crippen LogP contribution >= 0.6 is 0 Å². The first-order chi connectivity index (χ1) is 3.63. The Morgan fingerprint density at radius 2 is 1.88 bits per heavy atom. The van der Waals surface area contributed by atoms with Crippen LogP contribution in [0.15, 0.2) is 12.2 Å². The Balaban J connectivity index is 3.34. The molecule has 8 heavy (non-hydrogen) atoms. The monoisotopic (exact) mass is 115 g/mol. The maximum atomic E-state index is 8.66. The van der Waals surface area contributed by atoms with Crippen LogP contribution in [0.3, 0.4) is 0 Å². The summed E-state index contributed by atoms with van der Waals surface area (Å²) in [7, 11) is 0. The maximum absolute atomic E-state index is 8.66. The maximum Gasteiger partial charge on any atom is 0.0693 e. The zero-order valence-corrected chi connectivity index (χ0v) is 5.33. The molecule has 0 aliphatic rings. The first-order valence-corrected chi connectivity index (χ1v) is 2.75. The molecule has 0 rings (SSSR count). The van der Waals surface area contributed by atoms with E-state index in [0.29, 0.717) is 0 Å². The van der Waals surface area contributed by atoms with Gasteiger partial charge in [0, 0.05) is 6.04 Å². The molecule has 0 aromatic heterocycles. The summed E-state index contributed by atoms with van der Waals surface area (Å²) in [4.78, 5) is 0. The normalized spacial score (nSPS) is 19.0. The molecular weight excluding hydrogens is 102 g/mol. The first kappa shape index (κ1) is 7.66. The Kier molecular flexibility index (Phi) is 3.48. The van der Waals surface area contributed by atoms with Gasteiger partial charge in [0.15, 0.2) is 0 Å². The second kappa shape index (κ2) is 3.64. The molecular formula is C6H13NO. The molecule has 0 spiro atoms. The molecule has 0 fully saturated rings. The number of rotatable bonds is 2. The molecule has 48 valence electrons. The van der Waals surface area contributed by atoms with Gasteiger partial charge in [-0.05, 0) is 13.8 Å². The second-order valence-electron chi connectivity index (χ2n) is 1.98. The zero-order chi connectivity index (χ0) is 6.57. The molecule has 2 atom stereocenters. The third-order valence-electron chi connectivity index (χ3n) is 0.693. The topological polar surface area (TPSA) is 46.2 Å². The fourth-order valence-corrected chi connectivity index (χ4v) is 0.336. The van der Waals surface area contributed by atoms with Crippen molar-refractivity contribution in [2.75, 3.05) is 0 Å². The predicted octanol–water partition coefficient (Wildman–Crippen LogP) is 0.271. The summed E-state index contributed by atoms with van der Waals surface area (Å²) < 4.78 is 0. The lowest BCUT2D eigenvalue weighted by Gasteiger charge is -1.95. The Hall–Kier alpha value is -0.340. The Morgan fingerprint density at radius 3 is 2.00 bits per heavy atom. The summed E-state index contributed by atoms with van der Waals surface area (Å²) in [5.74, 6) is 0. The van der Waals surface area contributed by atoms with E-state index in [1.54, 1.807) is 19.1 Å². The second-order valence-corrected chi connectivity index (χ2v) is 1.98. The minimum atomic E-state index is -0.374. The molecule has 2 nitrogen and oxygen atoms in total. The number of nitrogens with two attached hydrogens (primary N) is 1. The molecule has 0 radical (unpaired) electrons. The smallest absolute Gasteiger partial charge is 0.0693 e. The molecule has 0 bridgehead atoms. The summed E-state index contributed by atoms with van der Waals surface area (Å²) in [5.41, 5.74) is 5.34. The van der Waals surface area contributed by atoms with Crippen LogP contribution in [0.4, 0.5) is 0 Å². The standard InChI is InChI=1S/C6H13NO/c1-5(7)3-4-6(2)8/h3-6,8H,7H2,1-2H3/b4-3-/t5-,6+/m0/s1. The van der Waals surface area contributed by atoms with Crippen molar-refractivity contribution in [1.29, 1.82) is 0 Å². The SMILES string of the molecule is C[C@H](N)/C=C\[C@@H](C)O. The summed E-state index contributed by atoms with van der Waals surface area (Å²) >= 11 is 0. The minimum Gasteiger partial charge on any atom is -0.389 e. The van der Waals surface area contributed by atoms with E-state index in [2.05, 4.69) is 0 Å². The van der Waals surface area contributed by atoms with Gasteiger partial charge in [-0.1, -0.05) is 12.2 Å². The molecule has 0 aromatic rings. The van der Waals surface area contributed by atoms with Gasteiger partial charge >= 0.3 is 0 Å². The van der Waals surface area contributed by atoms with Crippen LogP contribution in [0.1, 0.15) is 13.8 Å². The van der Waals surface area contributed by atoms with Crippen molar-refractivity contribution in [3.8, 4) is 0 Å². The van der Waals surface area contributed by atoms with Gasteiger partial charge < -0.3 is 10.8 Å². The van der Waals surface area contributed by atoms with E-state index in [0.717, 1.165) is 0 Å². The van der Waals surface area contributed by atoms with Crippen LogP contribution in [0.5, 0.6) is 0 Å². The molecule has 0 amide bonds. The fraction of sp³-hybridized carbons (Fsp3) is 0.667. The van der Waals surface area contributed by atoms with Gasteiger partial charge in [-0.2, -0.15) is 0 Å². The molecule has 0 aliphatic carbocycles. The highest BCUT2D eigenvalue weighted by Gasteiger charge is 1.86. The molecule has 0 saturated carbocycles. The van der Waals surface area contributed by atoms with E-state index in [9.17, 15) is 0 Å². The van der Waals surface area contributed by atoms with E-state index in [4.69, 9.17) is 10.8 Å². The van der Waals surface area contributed by atoms with Gasteiger partial charge in [0.05, 0.1) is 6.10 Å². The average Bonchev–Trinajstić information content (AvgIpc) is 1.61. The van der Waals surface area contributed by atoms with Crippen LogP contribution in [0.2, 0.25) is 0 Å². The van der Waals surface area contributed by atoms with E-state index >= 15 is 0 Å². The van der Waals surface area contributed by atoms with Crippen molar-refractivity contribution in [3.63, 3.8) is 0 Å². The fourth-order valence-electron chi connectivity index (χ4n) is 0.336. The van der Waals surface area contributed by atoms with Crippen LogP contribution in [0, 0.1) is 0 Å². The van der Waals surface area contributed by atoms with Crippen molar-refractivity contribution in [1.82, 2.24) is 0 Å². The van der Waals surface area contributed by atoms with Crippen LogP contribution in [-0.2, 0) is 0 Å². The van der Waals surface area contributed by atoms with Gasteiger partial charge in [-0.15, -0.1) is 0 Å². The highest BCUT2D eigenvalue weighted by atomic mass is 16.3. The Labute approximate surface area is 50.0 Å². The van der Waals surface area contributed by atoms with E-state index in [1.807, 2.05) is 6.92 Å². The lowest BCUT2D eigenvalue weighted by atomic mass is 10.3. The van der Waals surface area contributed by atoms with Crippen LogP contribution in [0.25, 0.3) is 0 Å². The molecule has 3 N–H and O–H groups in total. The third kappa shape index (κ3) is 5.66. The van der Waals surface area contributed by atoms with Gasteiger partial charge in [0.25, 0.3) is 0 Å². The van der Waals surface area contributed by atoms with Gasteiger partial charge in [-0.3, -0.25) is 0 Å².